The van der Waals surface area contributed by atoms with Gasteiger partial charge in [-0.1, -0.05) is 0 Å². The third-order valence-electron chi connectivity index (χ3n) is 5.46. The second-order valence-corrected chi connectivity index (χ2v) is 7.89. The number of alkyl halides is 2. The minimum Gasteiger partial charge on any atom is -0.381 e. The van der Waals surface area contributed by atoms with E-state index in [0.717, 1.165) is 50.7 Å². The molecule has 2 fully saturated rings. The summed E-state index contributed by atoms with van der Waals surface area (Å²) < 4.78 is 34.3. The zero-order valence-corrected chi connectivity index (χ0v) is 16.8. The third kappa shape index (κ3) is 5.20. The number of anilines is 2. The highest BCUT2D eigenvalue weighted by atomic mass is 19.3. The van der Waals surface area contributed by atoms with Crippen molar-refractivity contribution in [1.29, 1.82) is 0 Å². The van der Waals surface area contributed by atoms with Gasteiger partial charge in [-0.15, -0.1) is 0 Å². The molecule has 0 atom stereocenters. The summed E-state index contributed by atoms with van der Waals surface area (Å²) in [6.45, 7) is 5.12. The van der Waals surface area contributed by atoms with Crippen LogP contribution in [0.2, 0.25) is 0 Å². The molecule has 3 heterocycles. The van der Waals surface area contributed by atoms with Crippen molar-refractivity contribution in [2.45, 2.75) is 57.4 Å². The number of halogens is 2. The van der Waals surface area contributed by atoms with Crippen LogP contribution in [0.1, 0.15) is 44.2 Å². The largest absolute Gasteiger partial charge is 0.381 e. The highest BCUT2D eigenvalue weighted by molar-refractivity contribution is 5.49. The fourth-order valence-electron chi connectivity index (χ4n) is 3.83. The molecule has 0 spiro atoms. The lowest BCUT2D eigenvalue weighted by Crippen LogP contribution is -2.33. The number of aromatic nitrogens is 4. The monoisotopic (exact) mass is 406 g/mol. The number of rotatable bonds is 4. The summed E-state index contributed by atoms with van der Waals surface area (Å²) >= 11 is 0. The van der Waals surface area contributed by atoms with Gasteiger partial charge in [0.05, 0.1) is 5.69 Å². The molecule has 9 heteroatoms. The van der Waals surface area contributed by atoms with Gasteiger partial charge >= 0.3 is 0 Å². The number of aryl methyl sites for hydroxylation is 1. The van der Waals surface area contributed by atoms with Crippen LogP contribution in [0.15, 0.2) is 18.3 Å². The van der Waals surface area contributed by atoms with Gasteiger partial charge in [0.25, 0.3) is 0 Å². The Balaban J connectivity index is 1.59. The Bertz CT molecular complexity index is 809. The van der Waals surface area contributed by atoms with Crippen LogP contribution >= 0.6 is 0 Å². The standard InChI is InChI=1S/C20H28F2N6O/c1-15-6-11-28(26-15)18-14-17(27-9-2-12-29-13-3-10-27)24-19(25-18)23-16-4-7-20(21,22)8-5-16/h6,11,14,16H,2-5,7-10,12-13H2,1H3,(H,23,24,25). The first-order chi connectivity index (χ1) is 14.0. The molecular formula is C20H28F2N6O. The molecule has 158 valence electrons. The number of hydrogen-bond donors (Lipinski definition) is 1. The van der Waals surface area contributed by atoms with Crippen molar-refractivity contribution in [3.8, 4) is 5.82 Å². The molecular weight excluding hydrogens is 378 g/mol. The summed E-state index contributed by atoms with van der Waals surface area (Å²) in [6.07, 6.45) is 4.37. The maximum atomic E-state index is 13.5. The highest BCUT2D eigenvalue weighted by Gasteiger charge is 2.35. The van der Waals surface area contributed by atoms with Gasteiger partial charge in [0, 0.05) is 57.4 Å². The lowest BCUT2D eigenvalue weighted by molar-refractivity contribution is -0.0361. The molecule has 29 heavy (non-hydrogen) atoms. The van der Waals surface area contributed by atoms with Crippen molar-refractivity contribution < 1.29 is 13.5 Å². The average molecular weight is 406 g/mol. The van der Waals surface area contributed by atoms with Crippen LogP contribution in [0.3, 0.4) is 0 Å². The molecule has 0 bridgehead atoms. The van der Waals surface area contributed by atoms with Gasteiger partial charge in [-0.05, 0) is 38.7 Å². The van der Waals surface area contributed by atoms with Crippen LogP contribution in [0, 0.1) is 6.92 Å². The molecule has 4 rings (SSSR count). The molecule has 1 saturated heterocycles. The van der Waals surface area contributed by atoms with Crippen LogP contribution < -0.4 is 10.2 Å². The van der Waals surface area contributed by atoms with Gasteiger partial charge in [-0.2, -0.15) is 15.1 Å². The van der Waals surface area contributed by atoms with E-state index in [0.29, 0.717) is 24.6 Å². The van der Waals surface area contributed by atoms with Gasteiger partial charge in [0.15, 0.2) is 5.82 Å². The van der Waals surface area contributed by atoms with Gasteiger partial charge in [0.1, 0.15) is 5.82 Å². The van der Waals surface area contributed by atoms with E-state index in [1.165, 1.54) is 0 Å². The zero-order chi connectivity index (χ0) is 20.3. The second-order valence-electron chi connectivity index (χ2n) is 7.89. The fourth-order valence-corrected chi connectivity index (χ4v) is 3.83. The van der Waals surface area contributed by atoms with Gasteiger partial charge in [-0.25, -0.2) is 13.5 Å². The first kappa shape index (κ1) is 20.0. The first-order valence-electron chi connectivity index (χ1n) is 10.4. The molecule has 1 N–H and O–H groups in total. The minimum atomic E-state index is -2.55. The number of ether oxygens (including phenoxy) is 1. The summed E-state index contributed by atoms with van der Waals surface area (Å²) in [5.74, 6) is -0.580. The summed E-state index contributed by atoms with van der Waals surface area (Å²) in [6, 6.07) is 3.82. The Morgan fingerprint density at radius 2 is 1.79 bits per heavy atom. The second kappa shape index (κ2) is 8.61. The van der Waals surface area contributed by atoms with Crippen LogP contribution in [0.25, 0.3) is 5.82 Å². The van der Waals surface area contributed by atoms with Crippen molar-refractivity contribution in [1.82, 2.24) is 19.7 Å². The molecule has 1 saturated carbocycles. The fraction of sp³-hybridized carbons (Fsp3) is 0.650. The van der Waals surface area contributed by atoms with E-state index in [1.807, 2.05) is 25.3 Å². The Labute approximate surface area is 169 Å². The summed E-state index contributed by atoms with van der Waals surface area (Å²) in [5.41, 5.74) is 0.901. The molecule has 2 aromatic heterocycles. The Morgan fingerprint density at radius 1 is 1.10 bits per heavy atom. The SMILES string of the molecule is Cc1ccn(-c2cc(N3CCCOCCC3)nc(NC3CCC(F)(F)CC3)n2)n1. The maximum Gasteiger partial charge on any atom is 0.248 e. The molecule has 0 radical (unpaired) electrons. The van der Waals surface area contributed by atoms with Crippen LogP contribution in [0.4, 0.5) is 20.5 Å². The number of nitrogens with one attached hydrogen (secondary N) is 1. The summed E-state index contributed by atoms with van der Waals surface area (Å²) in [7, 11) is 0. The number of nitrogens with zero attached hydrogens (tertiary/aromatic N) is 5. The van der Waals surface area contributed by atoms with E-state index in [9.17, 15) is 8.78 Å². The Hall–Kier alpha value is -2.29. The third-order valence-corrected chi connectivity index (χ3v) is 5.46. The lowest BCUT2D eigenvalue weighted by atomic mass is 9.92. The van der Waals surface area contributed by atoms with Crippen LogP contribution in [0.5, 0.6) is 0 Å². The average Bonchev–Trinajstić information content (AvgIpc) is 3.09. The Morgan fingerprint density at radius 3 is 2.45 bits per heavy atom. The van der Waals surface area contributed by atoms with Crippen LogP contribution in [-0.2, 0) is 4.74 Å². The van der Waals surface area contributed by atoms with Crippen molar-refractivity contribution >= 4 is 11.8 Å². The van der Waals surface area contributed by atoms with Crippen molar-refractivity contribution in [2.75, 3.05) is 36.5 Å². The molecule has 1 aliphatic carbocycles. The molecule has 2 aliphatic rings. The van der Waals surface area contributed by atoms with Crippen molar-refractivity contribution in [3.63, 3.8) is 0 Å². The molecule has 0 unspecified atom stereocenters. The molecule has 0 aromatic carbocycles. The molecule has 0 amide bonds. The van der Waals surface area contributed by atoms with E-state index in [1.54, 1.807) is 4.68 Å². The highest BCUT2D eigenvalue weighted by Crippen LogP contribution is 2.34. The van der Waals surface area contributed by atoms with Crippen LogP contribution in [-0.4, -0.2) is 58.0 Å². The Kier molecular flexibility index (Phi) is 5.94. The van der Waals surface area contributed by atoms with E-state index in [-0.39, 0.29) is 18.9 Å². The van der Waals surface area contributed by atoms with Gasteiger partial charge in [0.2, 0.25) is 11.9 Å². The van der Waals surface area contributed by atoms with E-state index < -0.39 is 5.92 Å². The molecule has 1 aliphatic heterocycles. The quantitative estimate of drug-likeness (QED) is 0.837. The first-order valence-corrected chi connectivity index (χ1v) is 10.4. The summed E-state index contributed by atoms with van der Waals surface area (Å²) in [4.78, 5) is 11.6. The normalized spacial score (nSPS) is 20.9. The van der Waals surface area contributed by atoms with Gasteiger partial charge in [-0.3, -0.25) is 0 Å². The lowest BCUT2D eigenvalue weighted by Gasteiger charge is -2.30. The van der Waals surface area contributed by atoms with Gasteiger partial charge < -0.3 is 15.0 Å². The minimum absolute atomic E-state index is 0.0437. The zero-order valence-electron chi connectivity index (χ0n) is 16.8. The number of hydrogen-bond acceptors (Lipinski definition) is 6. The topological polar surface area (TPSA) is 68.1 Å². The van der Waals surface area contributed by atoms with E-state index >= 15 is 0 Å². The molecule has 7 nitrogen and oxygen atoms in total. The molecule has 2 aromatic rings. The maximum absolute atomic E-state index is 13.5. The van der Waals surface area contributed by atoms with E-state index in [4.69, 9.17) is 9.72 Å². The predicted octanol–water partition coefficient (Wildman–Crippen LogP) is 3.58. The van der Waals surface area contributed by atoms with Crippen molar-refractivity contribution in [3.05, 3.63) is 24.0 Å². The predicted molar refractivity (Wildman–Crippen MR) is 107 cm³/mol. The smallest absolute Gasteiger partial charge is 0.248 e. The summed E-state index contributed by atoms with van der Waals surface area (Å²) in [5, 5.41) is 7.76. The van der Waals surface area contributed by atoms with Crippen molar-refractivity contribution in [2.24, 2.45) is 0 Å². The van der Waals surface area contributed by atoms with E-state index in [2.05, 4.69) is 20.3 Å².